The topological polar surface area (TPSA) is 52.0 Å². The van der Waals surface area contributed by atoms with Crippen LogP contribution in [0.1, 0.15) is 26.7 Å². The molecule has 0 radical (unpaired) electrons. The molecule has 0 amide bonds. The zero-order valence-corrected chi connectivity index (χ0v) is 14.3. The van der Waals surface area contributed by atoms with E-state index in [-0.39, 0.29) is 8.64 Å². The summed E-state index contributed by atoms with van der Waals surface area (Å²) in [4.78, 5) is 3.06. The second-order valence-corrected chi connectivity index (χ2v) is 7.89. The van der Waals surface area contributed by atoms with Gasteiger partial charge in [-0.2, -0.15) is 0 Å². The summed E-state index contributed by atoms with van der Waals surface area (Å²) < 4.78 is 0.167. The van der Waals surface area contributed by atoms with Gasteiger partial charge >= 0.3 is 54.9 Å². The first-order valence-corrected chi connectivity index (χ1v) is 8.86. The van der Waals surface area contributed by atoms with Gasteiger partial charge in [0, 0.05) is 0 Å². The summed E-state index contributed by atoms with van der Waals surface area (Å²) in [5, 5.41) is 0. The van der Waals surface area contributed by atoms with Gasteiger partial charge in [0.05, 0.1) is 0 Å². The molecule has 15 heavy (non-hydrogen) atoms. The predicted molar refractivity (Wildman–Crippen MR) is 78.5 cm³/mol. The number of hydrogen-bond donors (Lipinski definition) is 2. The van der Waals surface area contributed by atoms with E-state index in [2.05, 4.69) is 75.0 Å². The van der Waals surface area contributed by atoms with E-state index in [0.29, 0.717) is 18.6 Å². The van der Waals surface area contributed by atoms with Gasteiger partial charge in [-0.3, -0.25) is 0 Å². The Morgan fingerprint density at radius 1 is 1.13 bits per heavy atom. The third kappa shape index (κ3) is 103. The first-order chi connectivity index (χ1) is 6.88. The first-order valence-electron chi connectivity index (χ1n) is 4.39. The Bertz CT molecular complexity index is 132. The number of unbranched alkanes of at least 4 members (excludes halogenated alkanes) is 1. The third-order valence-electron chi connectivity index (χ3n) is 0.846. The summed E-state index contributed by atoms with van der Waals surface area (Å²) in [6.45, 7) is 4.57. The molecule has 0 aliphatic heterocycles. The third-order valence-corrected chi connectivity index (χ3v) is 3.27. The molecule has 2 nitrogen and oxygen atoms in total. The van der Waals surface area contributed by atoms with Gasteiger partial charge in [0.25, 0.3) is 0 Å². The van der Waals surface area contributed by atoms with Gasteiger partial charge in [0.15, 0.2) is 0 Å². The van der Waals surface area contributed by atoms with Gasteiger partial charge < -0.3 is 61.2 Å². The summed E-state index contributed by atoms with van der Waals surface area (Å²) in [7, 11) is 0. The summed E-state index contributed by atoms with van der Waals surface area (Å²) >= 11 is 17.0. The van der Waals surface area contributed by atoms with Crippen molar-refractivity contribution < 1.29 is 18.6 Å². The van der Waals surface area contributed by atoms with Crippen molar-refractivity contribution >= 4 is 58.3 Å². The quantitative estimate of drug-likeness (QED) is 0.345. The minimum absolute atomic E-state index is 0.0833. The van der Waals surface area contributed by atoms with Crippen LogP contribution in [0.2, 0.25) is 9.62 Å². The Balaban J connectivity index is -0.000000155. The molecule has 0 unspecified atom stereocenters. The maximum atomic E-state index is 4.66. The molecular weight excluding hydrogens is 348 g/mol. The molecule has 7 heteroatoms. The number of nitrogens with two attached hydrogens (primary N) is 2. The van der Waals surface area contributed by atoms with Crippen LogP contribution in [0.5, 0.6) is 0 Å². The van der Waals surface area contributed by atoms with Crippen LogP contribution in [-0.2, 0) is 43.8 Å². The molecule has 0 saturated carbocycles. The minimum Gasteiger partial charge on any atom is -0.415 e. The van der Waals surface area contributed by atoms with E-state index < -0.39 is 0 Å². The van der Waals surface area contributed by atoms with Gasteiger partial charge in [-0.25, -0.2) is 0 Å². The molecular formula is C8H18MoN2S4. The maximum Gasteiger partial charge on any atom is -0.0708 e. The Morgan fingerprint density at radius 2 is 1.47 bits per heavy atom. The van der Waals surface area contributed by atoms with Crippen LogP contribution >= 0.6 is 24.4 Å². The number of hydrogen-bond acceptors (Lipinski definition) is 4. The van der Waals surface area contributed by atoms with Gasteiger partial charge in [0.2, 0.25) is 0 Å². The summed E-state index contributed by atoms with van der Waals surface area (Å²) in [6, 6.07) is 0. The second kappa shape index (κ2) is 20.3. The van der Waals surface area contributed by atoms with Crippen molar-refractivity contribution in [2.24, 2.45) is 11.5 Å². The normalized spacial score (nSPS) is 7.33. The van der Waals surface area contributed by atoms with Crippen LogP contribution in [0, 0.1) is 0 Å². The van der Waals surface area contributed by atoms with E-state index in [0.717, 1.165) is 0 Å². The fourth-order valence-electron chi connectivity index (χ4n) is 0.391. The Kier molecular flexibility index (Phi) is 28.8. The van der Waals surface area contributed by atoms with Crippen LogP contribution in [0.25, 0.3) is 0 Å². The molecule has 4 N–H and O–H groups in total. The SMILES string of the molecule is CCC[CH2][Mo+2][CH2]C.NC(=S)[S-].NC(=S)[S-]. The van der Waals surface area contributed by atoms with Crippen molar-refractivity contribution in [1.82, 2.24) is 0 Å². The van der Waals surface area contributed by atoms with Crippen molar-refractivity contribution in [3.8, 4) is 0 Å². The molecule has 90 valence electrons. The number of rotatable bonds is 4. The van der Waals surface area contributed by atoms with Crippen LogP contribution in [0.15, 0.2) is 0 Å². The average molecular weight is 366 g/mol. The summed E-state index contributed by atoms with van der Waals surface area (Å²) in [5.41, 5.74) is 9.31. The molecule has 0 aromatic heterocycles. The van der Waals surface area contributed by atoms with Crippen molar-refractivity contribution in [3.63, 3.8) is 0 Å². The van der Waals surface area contributed by atoms with E-state index in [9.17, 15) is 0 Å². The fraction of sp³-hybridized carbons (Fsp3) is 0.750. The zero-order valence-electron chi connectivity index (χ0n) is 9.02. The van der Waals surface area contributed by atoms with E-state index in [1.54, 1.807) is 4.81 Å². The molecule has 0 aromatic carbocycles. The van der Waals surface area contributed by atoms with Crippen molar-refractivity contribution in [2.75, 3.05) is 0 Å². The van der Waals surface area contributed by atoms with Crippen LogP contribution < -0.4 is 11.5 Å². The molecule has 0 rings (SSSR count). The smallest absolute Gasteiger partial charge is 0.0708 e. The molecule has 0 spiro atoms. The van der Waals surface area contributed by atoms with Crippen molar-refractivity contribution in [1.29, 1.82) is 0 Å². The van der Waals surface area contributed by atoms with E-state index >= 15 is 0 Å². The van der Waals surface area contributed by atoms with Crippen molar-refractivity contribution in [2.45, 2.75) is 36.3 Å². The van der Waals surface area contributed by atoms with Gasteiger partial charge in [-0.15, -0.1) is 0 Å². The Morgan fingerprint density at radius 3 is 1.67 bits per heavy atom. The summed E-state index contributed by atoms with van der Waals surface area (Å²) in [6.07, 6.45) is 2.88. The minimum atomic E-state index is 0.0833. The van der Waals surface area contributed by atoms with E-state index in [1.165, 1.54) is 17.7 Å². The molecule has 0 saturated heterocycles. The fourth-order valence-corrected chi connectivity index (χ4v) is 2.31. The molecule has 0 atom stereocenters. The molecule has 0 heterocycles. The molecule has 0 bridgehead atoms. The van der Waals surface area contributed by atoms with Gasteiger partial charge in [-0.05, 0) is 0 Å². The first kappa shape index (κ1) is 21.2. The maximum absolute atomic E-state index is 4.66. The Labute approximate surface area is 124 Å². The second-order valence-electron chi connectivity index (χ2n) is 2.19. The van der Waals surface area contributed by atoms with Crippen LogP contribution in [0.3, 0.4) is 0 Å². The standard InChI is InChI=1S/C4H9.C2H5.2CH3NS2.Mo/c1-3-4-2;1-2;2*2-1(3)4;/h1,3-4H2,2H3;1H2,2H3;2*(H3,2,3,4);/q;;;;+2/p-2. The zero-order chi connectivity index (χ0) is 12.7. The Hall–Kier alpha value is 0.908. The predicted octanol–water partition coefficient (Wildman–Crippen LogP) is 2.28. The average Bonchev–Trinajstić information content (AvgIpc) is 2.03. The molecule has 0 fully saturated rings. The van der Waals surface area contributed by atoms with Gasteiger partial charge in [0.1, 0.15) is 0 Å². The van der Waals surface area contributed by atoms with E-state index in [1.807, 2.05) is 0 Å². The van der Waals surface area contributed by atoms with Crippen LogP contribution in [0.4, 0.5) is 0 Å². The van der Waals surface area contributed by atoms with Crippen molar-refractivity contribution in [3.05, 3.63) is 0 Å². The number of thiocarbonyl (C=S) groups is 2. The largest absolute Gasteiger partial charge is 0.415 e. The summed E-state index contributed by atoms with van der Waals surface area (Å²) in [5.74, 6) is 0. The molecule has 0 aromatic rings. The van der Waals surface area contributed by atoms with Gasteiger partial charge in [-0.1, -0.05) is 8.64 Å². The monoisotopic (exact) mass is 368 g/mol. The molecule has 0 aliphatic carbocycles. The molecule has 0 aliphatic rings. The van der Waals surface area contributed by atoms with E-state index in [4.69, 9.17) is 0 Å². The van der Waals surface area contributed by atoms with Crippen LogP contribution in [-0.4, -0.2) is 8.64 Å².